The van der Waals surface area contributed by atoms with E-state index >= 15 is 0 Å². The highest BCUT2D eigenvalue weighted by Gasteiger charge is 2.64. The Hall–Kier alpha value is -1.76. The van der Waals surface area contributed by atoms with E-state index in [4.69, 9.17) is 4.84 Å². The highest BCUT2D eigenvalue weighted by atomic mass is 16.7. The van der Waals surface area contributed by atoms with E-state index in [9.17, 15) is 19.8 Å². The molecule has 2 N–H and O–H groups in total. The highest BCUT2D eigenvalue weighted by molar-refractivity contribution is 6.05. The van der Waals surface area contributed by atoms with Gasteiger partial charge in [-0.1, -0.05) is 25.7 Å². The Labute approximate surface area is 116 Å². The summed E-state index contributed by atoms with van der Waals surface area (Å²) in [4.78, 5) is 29.2. The summed E-state index contributed by atoms with van der Waals surface area (Å²) in [5, 5.41) is 21.5. The standard InChI is InChI=1S/C14H17NO5/c1-4-5-9-6-7-10(16)12(18)14(9)11(17)8(2)15(20-3)13(14)19/h5-7,11-12,17-18H,2,4H2,1,3H3/b9-5-/t11-,12-,14+/m1/s1. The largest absolute Gasteiger partial charge is 0.385 e. The van der Waals surface area contributed by atoms with Crippen LogP contribution in [0.15, 0.2) is 36.1 Å². The Bertz CT molecular complexity index is 536. The van der Waals surface area contributed by atoms with Crippen LogP contribution in [0, 0.1) is 5.41 Å². The Morgan fingerprint density at radius 3 is 2.55 bits per heavy atom. The number of amides is 1. The predicted molar refractivity (Wildman–Crippen MR) is 70.0 cm³/mol. The molecule has 6 heteroatoms. The Morgan fingerprint density at radius 2 is 2.05 bits per heavy atom. The van der Waals surface area contributed by atoms with Gasteiger partial charge in [-0.2, -0.15) is 5.06 Å². The number of hydroxylamine groups is 2. The fraction of sp³-hybridized carbons (Fsp3) is 0.429. The molecule has 0 aromatic rings. The van der Waals surface area contributed by atoms with Crippen molar-refractivity contribution in [1.29, 1.82) is 0 Å². The van der Waals surface area contributed by atoms with E-state index < -0.39 is 29.3 Å². The molecule has 3 atom stereocenters. The van der Waals surface area contributed by atoms with Gasteiger partial charge < -0.3 is 10.2 Å². The van der Waals surface area contributed by atoms with Crippen molar-refractivity contribution in [1.82, 2.24) is 5.06 Å². The number of hydrogen-bond acceptors (Lipinski definition) is 5. The molecule has 0 aromatic carbocycles. The summed E-state index contributed by atoms with van der Waals surface area (Å²) in [7, 11) is 1.25. The van der Waals surface area contributed by atoms with E-state index in [0.29, 0.717) is 12.0 Å². The van der Waals surface area contributed by atoms with E-state index in [0.717, 1.165) is 5.06 Å². The summed E-state index contributed by atoms with van der Waals surface area (Å²) >= 11 is 0. The third-order valence-electron chi connectivity index (χ3n) is 3.76. The molecule has 0 saturated carbocycles. The van der Waals surface area contributed by atoms with Gasteiger partial charge in [-0.25, -0.2) is 0 Å². The number of nitrogens with zero attached hydrogens (tertiary/aromatic N) is 1. The number of hydrogen-bond donors (Lipinski definition) is 2. The maximum Gasteiger partial charge on any atom is 0.267 e. The Morgan fingerprint density at radius 1 is 1.40 bits per heavy atom. The van der Waals surface area contributed by atoms with Crippen LogP contribution in [0.4, 0.5) is 0 Å². The van der Waals surface area contributed by atoms with E-state index in [1.807, 2.05) is 6.92 Å². The second-order valence-corrected chi connectivity index (χ2v) is 4.75. The Kier molecular flexibility index (Phi) is 3.64. The van der Waals surface area contributed by atoms with Gasteiger partial charge in [0.1, 0.15) is 17.6 Å². The SMILES string of the molecule is C=C1[C@@H](O)[C@@]2(C(=O)N1OC)/C(=C\CC)C=CC(=O)[C@H]2O. The first kappa shape index (κ1) is 14.6. The molecule has 0 bridgehead atoms. The molecule has 1 aliphatic carbocycles. The topological polar surface area (TPSA) is 87.1 Å². The van der Waals surface area contributed by atoms with E-state index in [1.165, 1.54) is 19.3 Å². The van der Waals surface area contributed by atoms with Gasteiger partial charge in [0.2, 0.25) is 0 Å². The van der Waals surface area contributed by atoms with E-state index in [1.54, 1.807) is 6.08 Å². The zero-order valence-corrected chi connectivity index (χ0v) is 11.4. The van der Waals surface area contributed by atoms with Gasteiger partial charge in [0.05, 0.1) is 12.8 Å². The maximum atomic E-state index is 12.6. The minimum atomic E-state index is -1.77. The maximum absolute atomic E-state index is 12.6. The first-order valence-electron chi connectivity index (χ1n) is 6.29. The number of allylic oxidation sites excluding steroid dienone is 2. The molecular formula is C14H17NO5. The van der Waals surface area contributed by atoms with E-state index in [-0.39, 0.29) is 5.70 Å². The van der Waals surface area contributed by atoms with Gasteiger partial charge in [-0.15, -0.1) is 0 Å². The van der Waals surface area contributed by atoms with Crippen LogP contribution in [-0.2, 0) is 14.4 Å². The van der Waals surface area contributed by atoms with Crippen LogP contribution in [0.2, 0.25) is 0 Å². The zero-order chi connectivity index (χ0) is 15.1. The number of carbonyl (C=O) groups is 2. The van der Waals surface area contributed by atoms with Gasteiger partial charge in [-0.05, 0) is 18.1 Å². The second-order valence-electron chi connectivity index (χ2n) is 4.75. The third-order valence-corrected chi connectivity index (χ3v) is 3.76. The average molecular weight is 279 g/mol. The molecule has 2 rings (SSSR count). The summed E-state index contributed by atoms with van der Waals surface area (Å²) in [5.74, 6) is -1.32. The van der Waals surface area contributed by atoms with Gasteiger partial charge in [0.15, 0.2) is 5.78 Å². The van der Waals surface area contributed by atoms with Crippen molar-refractivity contribution < 1.29 is 24.6 Å². The van der Waals surface area contributed by atoms with Crippen LogP contribution in [0.5, 0.6) is 0 Å². The van der Waals surface area contributed by atoms with Crippen molar-refractivity contribution in [3.8, 4) is 0 Å². The predicted octanol–water partition coefficient (Wildman–Crippen LogP) is 0.0872. The summed E-state index contributed by atoms with van der Waals surface area (Å²) in [5.41, 5.74) is -1.37. The number of aliphatic hydroxyl groups is 2. The van der Waals surface area contributed by atoms with Gasteiger partial charge >= 0.3 is 0 Å². The minimum absolute atomic E-state index is 0.00153. The summed E-state index contributed by atoms with van der Waals surface area (Å²) in [6, 6.07) is 0. The molecule has 0 unspecified atom stereocenters. The summed E-state index contributed by atoms with van der Waals surface area (Å²) in [6.07, 6.45) is 1.85. The normalized spacial score (nSPS) is 35.7. The second kappa shape index (κ2) is 4.97. The summed E-state index contributed by atoms with van der Waals surface area (Å²) < 4.78 is 0. The smallest absolute Gasteiger partial charge is 0.267 e. The lowest BCUT2D eigenvalue weighted by Crippen LogP contribution is -2.54. The molecule has 1 amide bonds. The van der Waals surface area contributed by atoms with Crippen LogP contribution in [0.3, 0.4) is 0 Å². The number of rotatable bonds is 2. The van der Waals surface area contributed by atoms with Gasteiger partial charge in [0.25, 0.3) is 5.91 Å². The first-order chi connectivity index (χ1) is 9.42. The monoisotopic (exact) mass is 279 g/mol. The lowest BCUT2D eigenvalue weighted by Gasteiger charge is -2.36. The van der Waals surface area contributed by atoms with Crippen molar-refractivity contribution >= 4 is 11.7 Å². The summed E-state index contributed by atoms with van der Waals surface area (Å²) in [6.45, 7) is 5.45. The van der Waals surface area contributed by atoms with Crippen LogP contribution in [-0.4, -0.2) is 46.3 Å². The van der Waals surface area contributed by atoms with E-state index in [2.05, 4.69) is 6.58 Å². The highest BCUT2D eigenvalue weighted by Crippen LogP contribution is 2.49. The quantitative estimate of drug-likeness (QED) is 0.748. The molecule has 20 heavy (non-hydrogen) atoms. The van der Waals surface area contributed by atoms with Crippen LogP contribution < -0.4 is 0 Å². The third kappa shape index (κ3) is 1.62. The van der Waals surface area contributed by atoms with Gasteiger partial charge in [-0.3, -0.25) is 14.4 Å². The molecule has 2 aliphatic rings. The molecule has 0 aromatic heterocycles. The van der Waals surface area contributed by atoms with Crippen LogP contribution >= 0.6 is 0 Å². The number of carbonyl (C=O) groups excluding carboxylic acids is 2. The van der Waals surface area contributed by atoms with Crippen LogP contribution in [0.1, 0.15) is 13.3 Å². The number of aliphatic hydroxyl groups excluding tert-OH is 2. The van der Waals surface area contributed by atoms with Crippen molar-refractivity contribution in [2.45, 2.75) is 25.6 Å². The van der Waals surface area contributed by atoms with Crippen molar-refractivity contribution in [2.24, 2.45) is 5.41 Å². The minimum Gasteiger partial charge on any atom is -0.385 e. The fourth-order valence-electron chi connectivity index (χ4n) is 2.78. The molecular weight excluding hydrogens is 262 g/mol. The molecule has 1 fully saturated rings. The van der Waals surface area contributed by atoms with Crippen molar-refractivity contribution in [3.63, 3.8) is 0 Å². The van der Waals surface area contributed by atoms with Crippen LogP contribution in [0.25, 0.3) is 0 Å². The fourth-order valence-corrected chi connectivity index (χ4v) is 2.78. The van der Waals surface area contributed by atoms with Crippen molar-refractivity contribution in [3.05, 3.63) is 36.1 Å². The number of ketones is 1. The zero-order valence-electron chi connectivity index (χ0n) is 11.4. The molecule has 1 aliphatic heterocycles. The van der Waals surface area contributed by atoms with Crippen molar-refractivity contribution in [2.75, 3.05) is 7.11 Å². The first-order valence-corrected chi connectivity index (χ1v) is 6.29. The molecule has 6 nitrogen and oxygen atoms in total. The molecule has 0 radical (unpaired) electrons. The molecule has 108 valence electrons. The molecule has 1 spiro atoms. The average Bonchev–Trinajstić information content (AvgIpc) is 2.61. The lowest BCUT2D eigenvalue weighted by molar-refractivity contribution is -0.171. The van der Waals surface area contributed by atoms with Gasteiger partial charge in [0, 0.05) is 0 Å². The lowest BCUT2D eigenvalue weighted by atomic mass is 9.67. The molecule has 1 heterocycles. The Balaban J connectivity index is 2.68. The molecule has 1 saturated heterocycles.